The molecule has 0 aliphatic heterocycles. The van der Waals surface area contributed by atoms with Crippen LogP contribution in [-0.2, 0) is 9.47 Å². The van der Waals surface area contributed by atoms with E-state index in [1.54, 1.807) is 7.11 Å². The van der Waals surface area contributed by atoms with Crippen LogP contribution in [0.4, 0.5) is 11.9 Å². The molecule has 0 saturated heterocycles. The van der Waals surface area contributed by atoms with E-state index in [9.17, 15) is 0 Å². The molecule has 0 bridgehead atoms. The van der Waals surface area contributed by atoms with Crippen molar-refractivity contribution in [2.24, 2.45) is 0 Å². The van der Waals surface area contributed by atoms with Crippen LogP contribution in [-0.4, -0.2) is 61.5 Å². The van der Waals surface area contributed by atoms with E-state index in [-0.39, 0.29) is 5.28 Å². The van der Waals surface area contributed by atoms with E-state index in [2.05, 4.69) is 20.3 Å². The summed E-state index contributed by atoms with van der Waals surface area (Å²) < 4.78 is 10.3. The monoisotopic (exact) mass is 317 g/mol. The van der Waals surface area contributed by atoms with Crippen LogP contribution in [0.2, 0.25) is 5.28 Å². The molecule has 0 fully saturated rings. The lowest BCUT2D eigenvalue weighted by molar-refractivity contribution is 0.0705. The minimum Gasteiger partial charge on any atom is -0.382 e. The molecule has 8 heteroatoms. The molecule has 21 heavy (non-hydrogen) atoms. The first-order valence-electron chi connectivity index (χ1n) is 7.18. The Morgan fingerprint density at radius 1 is 1.10 bits per heavy atom. The Morgan fingerprint density at radius 3 is 2.52 bits per heavy atom. The molecule has 0 saturated carbocycles. The molecule has 1 aromatic heterocycles. The lowest BCUT2D eigenvalue weighted by Gasteiger charge is -2.18. The van der Waals surface area contributed by atoms with E-state index in [4.69, 9.17) is 21.1 Å². The number of anilines is 2. The van der Waals surface area contributed by atoms with E-state index in [1.807, 2.05) is 18.7 Å². The van der Waals surface area contributed by atoms with Gasteiger partial charge in [0, 0.05) is 33.4 Å². The number of nitrogens with one attached hydrogen (secondary N) is 1. The van der Waals surface area contributed by atoms with Gasteiger partial charge in [-0.05, 0) is 31.9 Å². The summed E-state index contributed by atoms with van der Waals surface area (Å²) in [6.07, 6.45) is 0.855. The van der Waals surface area contributed by atoms with Gasteiger partial charge in [0.1, 0.15) is 0 Å². The van der Waals surface area contributed by atoms with Gasteiger partial charge in [-0.1, -0.05) is 0 Å². The maximum Gasteiger partial charge on any atom is 0.231 e. The SMILES string of the molecule is CCN(CC)c1nc(Cl)nc(NCCCOCCOC)n1. The van der Waals surface area contributed by atoms with Crippen molar-refractivity contribution in [3.8, 4) is 0 Å². The van der Waals surface area contributed by atoms with Crippen molar-refractivity contribution in [2.75, 3.05) is 56.8 Å². The van der Waals surface area contributed by atoms with Gasteiger partial charge in [-0.25, -0.2) is 0 Å². The van der Waals surface area contributed by atoms with E-state index in [1.165, 1.54) is 0 Å². The van der Waals surface area contributed by atoms with Crippen LogP contribution in [0.5, 0.6) is 0 Å². The van der Waals surface area contributed by atoms with Crippen LogP contribution in [0, 0.1) is 0 Å². The number of nitrogens with zero attached hydrogens (tertiary/aromatic N) is 4. The smallest absolute Gasteiger partial charge is 0.231 e. The highest BCUT2D eigenvalue weighted by atomic mass is 35.5. The molecular weight excluding hydrogens is 294 g/mol. The zero-order chi connectivity index (χ0) is 15.5. The minimum atomic E-state index is 0.200. The predicted octanol–water partition coefficient (Wildman–Crippen LogP) is 1.84. The topological polar surface area (TPSA) is 72.4 Å². The third-order valence-electron chi connectivity index (χ3n) is 2.82. The zero-order valence-corrected chi connectivity index (χ0v) is 13.7. The average molecular weight is 318 g/mol. The lowest BCUT2D eigenvalue weighted by atomic mass is 10.4. The fourth-order valence-electron chi connectivity index (χ4n) is 1.69. The molecule has 1 rings (SSSR count). The van der Waals surface area contributed by atoms with Crippen molar-refractivity contribution in [2.45, 2.75) is 20.3 Å². The normalized spacial score (nSPS) is 10.7. The number of halogens is 1. The summed E-state index contributed by atoms with van der Waals surface area (Å²) >= 11 is 5.94. The molecule has 1 N–H and O–H groups in total. The minimum absolute atomic E-state index is 0.200. The Balaban J connectivity index is 2.41. The Morgan fingerprint density at radius 2 is 1.86 bits per heavy atom. The number of ether oxygens (including phenoxy) is 2. The highest BCUT2D eigenvalue weighted by Crippen LogP contribution is 2.13. The first kappa shape index (κ1) is 17.9. The molecule has 0 amide bonds. The highest BCUT2D eigenvalue weighted by Gasteiger charge is 2.09. The third-order valence-corrected chi connectivity index (χ3v) is 2.99. The molecule has 0 atom stereocenters. The standard InChI is InChI=1S/C13H24ClN5O2/c1-4-19(5-2)13-17-11(14)16-12(18-13)15-7-6-8-21-10-9-20-3/h4-10H2,1-3H3,(H,15,16,17,18). The second-order valence-corrected chi connectivity index (χ2v) is 4.62. The Hall–Kier alpha value is -1.18. The second-order valence-electron chi connectivity index (χ2n) is 4.29. The van der Waals surface area contributed by atoms with Gasteiger partial charge in [0.2, 0.25) is 17.2 Å². The van der Waals surface area contributed by atoms with Crippen molar-refractivity contribution in [3.05, 3.63) is 5.28 Å². The van der Waals surface area contributed by atoms with Crippen LogP contribution < -0.4 is 10.2 Å². The molecule has 1 aromatic rings. The summed E-state index contributed by atoms with van der Waals surface area (Å²) in [7, 11) is 1.66. The lowest BCUT2D eigenvalue weighted by Crippen LogP contribution is -2.25. The summed E-state index contributed by atoms with van der Waals surface area (Å²) in [5, 5.41) is 3.34. The molecule has 0 aromatic carbocycles. The molecule has 0 unspecified atom stereocenters. The molecule has 0 spiro atoms. The number of methoxy groups -OCH3 is 1. The molecule has 0 radical (unpaired) electrons. The van der Waals surface area contributed by atoms with Crippen LogP contribution in [0.3, 0.4) is 0 Å². The van der Waals surface area contributed by atoms with E-state index in [0.29, 0.717) is 38.3 Å². The number of aromatic nitrogens is 3. The quantitative estimate of drug-likeness (QED) is 0.624. The fraction of sp³-hybridized carbons (Fsp3) is 0.769. The van der Waals surface area contributed by atoms with Crippen LogP contribution in [0.15, 0.2) is 0 Å². The summed E-state index contributed by atoms with van der Waals surface area (Å²) in [5.41, 5.74) is 0. The van der Waals surface area contributed by atoms with Crippen molar-refractivity contribution in [1.82, 2.24) is 15.0 Å². The Kier molecular flexibility index (Phi) is 8.96. The molecule has 1 heterocycles. The maximum absolute atomic E-state index is 5.94. The van der Waals surface area contributed by atoms with Gasteiger partial charge in [0.15, 0.2) is 0 Å². The molecule has 120 valence electrons. The maximum atomic E-state index is 5.94. The van der Waals surface area contributed by atoms with Crippen molar-refractivity contribution in [1.29, 1.82) is 0 Å². The van der Waals surface area contributed by atoms with E-state index < -0.39 is 0 Å². The molecular formula is C13H24ClN5O2. The van der Waals surface area contributed by atoms with Gasteiger partial charge in [0.25, 0.3) is 0 Å². The summed E-state index contributed by atoms with van der Waals surface area (Å²) in [6, 6.07) is 0. The van der Waals surface area contributed by atoms with Gasteiger partial charge >= 0.3 is 0 Å². The molecule has 7 nitrogen and oxygen atoms in total. The zero-order valence-electron chi connectivity index (χ0n) is 12.9. The van der Waals surface area contributed by atoms with E-state index >= 15 is 0 Å². The first-order valence-corrected chi connectivity index (χ1v) is 7.56. The first-order chi connectivity index (χ1) is 10.2. The summed E-state index contributed by atoms with van der Waals surface area (Å²) in [6.45, 7) is 8.34. The van der Waals surface area contributed by atoms with Gasteiger partial charge in [-0.3, -0.25) is 0 Å². The summed E-state index contributed by atoms with van der Waals surface area (Å²) in [5.74, 6) is 1.09. The highest BCUT2D eigenvalue weighted by molar-refractivity contribution is 6.28. The molecule has 0 aliphatic carbocycles. The predicted molar refractivity (Wildman–Crippen MR) is 84.2 cm³/mol. The average Bonchev–Trinajstić information content (AvgIpc) is 2.47. The van der Waals surface area contributed by atoms with Gasteiger partial charge in [-0.15, -0.1) is 0 Å². The summed E-state index contributed by atoms with van der Waals surface area (Å²) in [4.78, 5) is 14.6. The number of hydrogen-bond donors (Lipinski definition) is 1. The third kappa shape index (κ3) is 6.88. The van der Waals surface area contributed by atoms with Crippen LogP contribution >= 0.6 is 11.6 Å². The van der Waals surface area contributed by atoms with Crippen LogP contribution in [0.25, 0.3) is 0 Å². The van der Waals surface area contributed by atoms with Gasteiger partial charge in [-0.2, -0.15) is 15.0 Å². The van der Waals surface area contributed by atoms with E-state index in [0.717, 1.165) is 19.5 Å². The van der Waals surface area contributed by atoms with Crippen molar-refractivity contribution < 1.29 is 9.47 Å². The largest absolute Gasteiger partial charge is 0.382 e. The van der Waals surface area contributed by atoms with Crippen LogP contribution in [0.1, 0.15) is 20.3 Å². The number of rotatable bonds is 11. The number of hydrogen-bond acceptors (Lipinski definition) is 7. The second kappa shape index (κ2) is 10.5. The van der Waals surface area contributed by atoms with Gasteiger partial charge in [0.05, 0.1) is 13.2 Å². The molecule has 0 aliphatic rings. The Bertz CT molecular complexity index is 404. The van der Waals surface area contributed by atoms with Crippen molar-refractivity contribution in [3.63, 3.8) is 0 Å². The fourth-order valence-corrected chi connectivity index (χ4v) is 1.84. The Labute approximate surface area is 131 Å². The van der Waals surface area contributed by atoms with Crippen molar-refractivity contribution >= 4 is 23.5 Å². The van der Waals surface area contributed by atoms with Gasteiger partial charge < -0.3 is 19.7 Å².